The molecule has 1 aromatic carbocycles. The van der Waals surface area contributed by atoms with E-state index in [1.165, 1.54) is 5.56 Å². The summed E-state index contributed by atoms with van der Waals surface area (Å²) >= 11 is 3.31. The minimum atomic E-state index is 0.299. The summed E-state index contributed by atoms with van der Waals surface area (Å²) in [5.74, 6) is 0.299. The van der Waals surface area contributed by atoms with Gasteiger partial charge in [0.1, 0.15) is 5.75 Å². The number of halogens is 1. The SMILES string of the molecule is Cc1c(CNCc2cccc(Br)c2O)cnn1C. The number of aromatic hydroxyl groups is 1. The maximum Gasteiger partial charge on any atom is 0.134 e. The summed E-state index contributed by atoms with van der Waals surface area (Å²) in [6.45, 7) is 3.41. The number of nitrogens with one attached hydrogen (secondary N) is 1. The zero-order chi connectivity index (χ0) is 13.1. The van der Waals surface area contributed by atoms with Crippen LogP contribution < -0.4 is 5.32 Å². The number of para-hydroxylation sites is 1. The zero-order valence-electron chi connectivity index (χ0n) is 10.4. The fraction of sp³-hybridized carbons (Fsp3) is 0.308. The van der Waals surface area contributed by atoms with E-state index in [4.69, 9.17) is 0 Å². The van der Waals surface area contributed by atoms with Gasteiger partial charge in [0.15, 0.2) is 0 Å². The molecule has 18 heavy (non-hydrogen) atoms. The third-order valence-corrected chi connectivity index (χ3v) is 3.68. The van der Waals surface area contributed by atoms with Gasteiger partial charge in [-0.2, -0.15) is 5.10 Å². The molecule has 0 saturated heterocycles. The molecule has 0 aliphatic heterocycles. The van der Waals surface area contributed by atoms with Gasteiger partial charge < -0.3 is 10.4 Å². The first kappa shape index (κ1) is 13.1. The fourth-order valence-electron chi connectivity index (χ4n) is 1.75. The lowest BCUT2D eigenvalue weighted by atomic mass is 10.2. The minimum absolute atomic E-state index is 0.299. The monoisotopic (exact) mass is 309 g/mol. The molecule has 2 aromatic rings. The van der Waals surface area contributed by atoms with E-state index in [-0.39, 0.29) is 0 Å². The summed E-state index contributed by atoms with van der Waals surface area (Å²) in [4.78, 5) is 0. The number of rotatable bonds is 4. The molecule has 0 spiro atoms. The summed E-state index contributed by atoms with van der Waals surface area (Å²) < 4.78 is 2.58. The molecule has 4 nitrogen and oxygen atoms in total. The Morgan fingerprint density at radius 1 is 1.33 bits per heavy atom. The molecule has 0 aliphatic carbocycles. The van der Waals surface area contributed by atoms with E-state index < -0.39 is 0 Å². The van der Waals surface area contributed by atoms with E-state index >= 15 is 0 Å². The standard InChI is InChI=1S/C13H16BrN3O/c1-9-11(8-16-17(9)2)7-15-6-10-4-3-5-12(14)13(10)18/h3-5,8,15,18H,6-7H2,1-2H3. The Bertz CT molecular complexity index is 551. The summed E-state index contributed by atoms with van der Waals surface area (Å²) in [5.41, 5.74) is 3.21. The van der Waals surface area contributed by atoms with E-state index in [0.717, 1.165) is 22.3 Å². The van der Waals surface area contributed by atoms with Gasteiger partial charge >= 0.3 is 0 Å². The van der Waals surface area contributed by atoms with Crippen LogP contribution in [0.2, 0.25) is 0 Å². The highest BCUT2D eigenvalue weighted by Gasteiger charge is 2.06. The summed E-state index contributed by atoms with van der Waals surface area (Å²) in [6.07, 6.45) is 1.86. The van der Waals surface area contributed by atoms with Crippen molar-refractivity contribution >= 4 is 15.9 Å². The van der Waals surface area contributed by atoms with Gasteiger partial charge in [0.2, 0.25) is 0 Å². The van der Waals surface area contributed by atoms with Gasteiger partial charge in [-0.15, -0.1) is 0 Å². The number of phenolic OH excluding ortho intramolecular Hbond substituents is 1. The second-order valence-corrected chi connectivity index (χ2v) is 5.08. The molecule has 1 aromatic heterocycles. The fourth-order valence-corrected chi connectivity index (χ4v) is 2.16. The number of hydrogen-bond acceptors (Lipinski definition) is 3. The first-order chi connectivity index (χ1) is 8.59. The lowest BCUT2D eigenvalue weighted by molar-refractivity contribution is 0.461. The smallest absolute Gasteiger partial charge is 0.134 e. The third kappa shape index (κ3) is 2.73. The average molecular weight is 310 g/mol. The zero-order valence-corrected chi connectivity index (χ0v) is 12.0. The molecule has 96 valence electrons. The third-order valence-electron chi connectivity index (χ3n) is 3.04. The molecule has 2 N–H and O–H groups in total. The van der Waals surface area contributed by atoms with E-state index in [2.05, 4.69) is 26.3 Å². The van der Waals surface area contributed by atoms with Crippen LogP contribution >= 0.6 is 15.9 Å². The van der Waals surface area contributed by atoms with Crippen molar-refractivity contribution in [1.29, 1.82) is 0 Å². The molecule has 0 unspecified atom stereocenters. The lowest BCUT2D eigenvalue weighted by Gasteiger charge is -2.07. The highest BCUT2D eigenvalue weighted by atomic mass is 79.9. The maximum absolute atomic E-state index is 9.85. The van der Waals surface area contributed by atoms with Crippen molar-refractivity contribution in [1.82, 2.24) is 15.1 Å². The molecule has 0 saturated carbocycles. The molecule has 0 aliphatic rings. The quantitative estimate of drug-likeness (QED) is 0.912. The van der Waals surface area contributed by atoms with Gasteiger partial charge in [-0.25, -0.2) is 0 Å². The Labute approximate surface area is 115 Å². The Morgan fingerprint density at radius 3 is 2.72 bits per heavy atom. The van der Waals surface area contributed by atoms with E-state index in [1.807, 2.05) is 43.0 Å². The van der Waals surface area contributed by atoms with Crippen molar-refractivity contribution in [2.24, 2.45) is 7.05 Å². The van der Waals surface area contributed by atoms with Crippen molar-refractivity contribution < 1.29 is 5.11 Å². The normalized spacial score (nSPS) is 10.8. The van der Waals surface area contributed by atoms with Gasteiger partial charge in [0.25, 0.3) is 0 Å². The van der Waals surface area contributed by atoms with Crippen LogP contribution in [0.5, 0.6) is 5.75 Å². The summed E-state index contributed by atoms with van der Waals surface area (Å²) in [7, 11) is 1.93. The van der Waals surface area contributed by atoms with Gasteiger partial charge in [-0.3, -0.25) is 4.68 Å². The Hall–Kier alpha value is -1.33. The first-order valence-corrected chi connectivity index (χ1v) is 6.53. The van der Waals surface area contributed by atoms with E-state index in [1.54, 1.807) is 0 Å². The highest BCUT2D eigenvalue weighted by molar-refractivity contribution is 9.10. The van der Waals surface area contributed by atoms with Gasteiger partial charge in [-0.1, -0.05) is 12.1 Å². The minimum Gasteiger partial charge on any atom is -0.506 e. The largest absolute Gasteiger partial charge is 0.506 e. The van der Waals surface area contributed by atoms with Crippen LogP contribution in [0.15, 0.2) is 28.9 Å². The molecule has 0 radical (unpaired) electrons. The Balaban J connectivity index is 1.97. The number of aromatic nitrogens is 2. The predicted molar refractivity (Wildman–Crippen MR) is 74.3 cm³/mol. The van der Waals surface area contributed by atoms with Crippen molar-refractivity contribution in [3.8, 4) is 5.75 Å². The molecule has 0 atom stereocenters. The van der Waals surface area contributed by atoms with Gasteiger partial charge in [0.05, 0.1) is 10.7 Å². The topological polar surface area (TPSA) is 50.1 Å². The van der Waals surface area contributed by atoms with Crippen LogP contribution in [0.3, 0.4) is 0 Å². The predicted octanol–water partition coefficient (Wildman–Crippen LogP) is 2.49. The average Bonchev–Trinajstić information content (AvgIpc) is 2.66. The number of benzene rings is 1. The van der Waals surface area contributed by atoms with Crippen molar-refractivity contribution in [3.63, 3.8) is 0 Å². The molecule has 0 amide bonds. The van der Waals surface area contributed by atoms with Gasteiger partial charge in [-0.05, 0) is 28.9 Å². The second kappa shape index (κ2) is 5.54. The van der Waals surface area contributed by atoms with Crippen LogP contribution in [0.4, 0.5) is 0 Å². The van der Waals surface area contributed by atoms with Crippen molar-refractivity contribution in [3.05, 3.63) is 45.7 Å². The second-order valence-electron chi connectivity index (χ2n) is 4.23. The van der Waals surface area contributed by atoms with E-state index in [9.17, 15) is 5.11 Å². The molecule has 0 bridgehead atoms. The molecular formula is C13H16BrN3O. The van der Waals surface area contributed by atoms with Crippen LogP contribution in [0.25, 0.3) is 0 Å². The Morgan fingerprint density at radius 2 is 2.06 bits per heavy atom. The van der Waals surface area contributed by atoms with Crippen LogP contribution in [0, 0.1) is 6.92 Å². The first-order valence-electron chi connectivity index (χ1n) is 5.74. The van der Waals surface area contributed by atoms with Gasteiger partial charge in [0, 0.05) is 37.0 Å². The van der Waals surface area contributed by atoms with Crippen LogP contribution in [0.1, 0.15) is 16.8 Å². The van der Waals surface area contributed by atoms with Crippen molar-refractivity contribution in [2.45, 2.75) is 20.0 Å². The highest BCUT2D eigenvalue weighted by Crippen LogP contribution is 2.27. The number of aryl methyl sites for hydroxylation is 1. The van der Waals surface area contributed by atoms with E-state index in [0.29, 0.717) is 12.3 Å². The molecular weight excluding hydrogens is 294 g/mol. The van der Waals surface area contributed by atoms with Crippen LogP contribution in [-0.2, 0) is 20.1 Å². The summed E-state index contributed by atoms with van der Waals surface area (Å²) in [6, 6.07) is 5.64. The number of hydrogen-bond donors (Lipinski definition) is 2. The molecule has 0 fully saturated rings. The van der Waals surface area contributed by atoms with Crippen LogP contribution in [-0.4, -0.2) is 14.9 Å². The molecule has 1 heterocycles. The summed E-state index contributed by atoms with van der Waals surface area (Å²) in [5, 5.41) is 17.3. The number of phenols is 1. The molecule has 5 heteroatoms. The maximum atomic E-state index is 9.85. The Kier molecular flexibility index (Phi) is 4.04. The lowest BCUT2D eigenvalue weighted by Crippen LogP contribution is -2.13. The number of nitrogens with zero attached hydrogens (tertiary/aromatic N) is 2. The molecule has 2 rings (SSSR count). The van der Waals surface area contributed by atoms with Crippen molar-refractivity contribution in [2.75, 3.05) is 0 Å².